The van der Waals surface area contributed by atoms with Crippen LogP contribution in [0.2, 0.25) is 0 Å². The van der Waals surface area contributed by atoms with Crippen molar-refractivity contribution in [3.05, 3.63) is 88.2 Å². The molecule has 1 N–H and O–H groups in total. The van der Waals surface area contributed by atoms with Gasteiger partial charge in [0.25, 0.3) is 5.56 Å². The fourth-order valence-electron chi connectivity index (χ4n) is 4.27. The Hall–Kier alpha value is -4.04. The molecule has 0 saturated carbocycles. The predicted molar refractivity (Wildman–Crippen MR) is 122 cm³/mol. The largest absolute Gasteiger partial charge is 0.454 e. The molecule has 0 unspecified atom stereocenters. The van der Waals surface area contributed by atoms with Crippen LogP contribution < -0.4 is 15.0 Å². The van der Waals surface area contributed by atoms with E-state index in [1.54, 1.807) is 12.4 Å². The second kappa shape index (κ2) is 8.14. The second-order valence-corrected chi connectivity index (χ2v) is 8.12. The summed E-state index contributed by atoms with van der Waals surface area (Å²) in [6, 6.07) is 15.6. The number of H-pyrrole nitrogens is 1. The molecule has 0 atom stereocenters. The molecular weight excluding hydrogens is 418 g/mol. The molecule has 5 heterocycles. The quantitative estimate of drug-likeness (QED) is 0.522. The Morgan fingerprint density at radius 2 is 1.94 bits per heavy atom. The van der Waals surface area contributed by atoms with Gasteiger partial charge in [-0.2, -0.15) is 0 Å². The lowest BCUT2D eigenvalue weighted by atomic mass is 10.1. The lowest BCUT2D eigenvalue weighted by Gasteiger charge is -2.27. The number of aromatic amines is 1. The maximum atomic E-state index is 12.8. The molecule has 3 aromatic heterocycles. The van der Waals surface area contributed by atoms with Gasteiger partial charge in [0.05, 0.1) is 22.6 Å². The normalized spacial score (nSPS) is 14.8. The zero-order valence-electron chi connectivity index (χ0n) is 17.8. The topological polar surface area (TPSA) is 93.2 Å². The van der Waals surface area contributed by atoms with E-state index in [-0.39, 0.29) is 12.4 Å². The Balaban J connectivity index is 1.21. The molecule has 0 aliphatic carbocycles. The van der Waals surface area contributed by atoms with Crippen LogP contribution >= 0.6 is 0 Å². The summed E-state index contributed by atoms with van der Waals surface area (Å²) in [6.07, 6.45) is 4.13. The van der Waals surface area contributed by atoms with Gasteiger partial charge in [0.2, 0.25) is 6.79 Å². The third-order valence-corrected chi connectivity index (χ3v) is 5.94. The molecule has 164 valence electrons. The second-order valence-electron chi connectivity index (χ2n) is 8.12. The SMILES string of the molecule is O=c1[nH]c(-c2cccnc2)nc2c1CN(Cc1cccc(-c3ccc4c(c3)OCO4)n1)CC2. The van der Waals surface area contributed by atoms with E-state index >= 15 is 0 Å². The van der Waals surface area contributed by atoms with Gasteiger partial charge in [0.1, 0.15) is 5.82 Å². The maximum absolute atomic E-state index is 12.8. The summed E-state index contributed by atoms with van der Waals surface area (Å²) in [7, 11) is 0. The first-order valence-corrected chi connectivity index (χ1v) is 10.8. The number of nitrogens with one attached hydrogen (secondary N) is 1. The third-order valence-electron chi connectivity index (χ3n) is 5.94. The molecule has 8 heteroatoms. The number of hydrogen-bond donors (Lipinski definition) is 1. The van der Waals surface area contributed by atoms with E-state index < -0.39 is 0 Å². The Morgan fingerprint density at radius 3 is 2.85 bits per heavy atom. The van der Waals surface area contributed by atoms with Crippen LogP contribution in [0.25, 0.3) is 22.6 Å². The van der Waals surface area contributed by atoms with Gasteiger partial charge in [-0.05, 0) is 42.5 Å². The van der Waals surface area contributed by atoms with E-state index in [2.05, 4.69) is 14.9 Å². The Labute approximate surface area is 189 Å². The van der Waals surface area contributed by atoms with Gasteiger partial charge >= 0.3 is 0 Å². The van der Waals surface area contributed by atoms with E-state index in [9.17, 15) is 4.79 Å². The highest BCUT2D eigenvalue weighted by molar-refractivity contribution is 5.64. The van der Waals surface area contributed by atoms with Crippen molar-refractivity contribution in [2.24, 2.45) is 0 Å². The number of benzene rings is 1. The monoisotopic (exact) mass is 439 g/mol. The summed E-state index contributed by atoms with van der Waals surface area (Å²) in [5, 5.41) is 0. The van der Waals surface area contributed by atoms with Gasteiger partial charge in [0, 0.05) is 49.6 Å². The standard InChI is InChI=1S/C25H21N5O3/c31-25-19-14-30(10-8-21(19)28-24(29-25)17-3-2-9-26-12-17)13-18-4-1-5-20(27-18)16-6-7-22-23(11-16)33-15-32-22/h1-7,9,11-12H,8,10,13-15H2,(H,28,29,31). The summed E-state index contributed by atoms with van der Waals surface area (Å²) in [5.41, 5.74) is 5.11. The van der Waals surface area contributed by atoms with Crippen LogP contribution in [-0.2, 0) is 19.5 Å². The molecule has 0 spiro atoms. The molecular formula is C25H21N5O3. The molecule has 2 aliphatic heterocycles. The highest BCUT2D eigenvalue weighted by Gasteiger charge is 2.22. The Kier molecular flexibility index (Phi) is 4.84. The van der Waals surface area contributed by atoms with Crippen molar-refractivity contribution in [3.63, 3.8) is 0 Å². The summed E-state index contributed by atoms with van der Waals surface area (Å²) < 4.78 is 10.9. The molecule has 0 amide bonds. The number of aromatic nitrogens is 4. The predicted octanol–water partition coefficient (Wildman–Crippen LogP) is 3.18. The first-order chi connectivity index (χ1) is 16.2. The van der Waals surface area contributed by atoms with Gasteiger partial charge < -0.3 is 14.5 Å². The average Bonchev–Trinajstić information content (AvgIpc) is 3.33. The van der Waals surface area contributed by atoms with Gasteiger partial charge in [0.15, 0.2) is 11.5 Å². The molecule has 0 fully saturated rings. The Bertz CT molecular complexity index is 1390. The molecule has 0 radical (unpaired) electrons. The fourth-order valence-corrected chi connectivity index (χ4v) is 4.27. The van der Waals surface area contributed by atoms with Crippen LogP contribution in [0, 0.1) is 0 Å². The Morgan fingerprint density at radius 1 is 1.00 bits per heavy atom. The van der Waals surface area contributed by atoms with Crippen molar-refractivity contribution in [1.82, 2.24) is 24.8 Å². The van der Waals surface area contributed by atoms with Gasteiger partial charge in [-0.1, -0.05) is 6.07 Å². The molecule has 2 aliphatic rings. The number of pyridine rings is 2. The molecule has 0 bridgehead atoms. The van der Waals surface area contributed by atoms with Crippen LogP contribution in [0.15, 0.2) is 65.7 Å². The van der Waals surface area contributed by atoms with Gasteiger partial charge in [-0.3, -0.25) is 19.7 Å². The number of hydrogen-bond acceptors (Lipinski definition) is 7. The molecule has 33 heavy (non-hydrogen) atoms. The number of nitrogens with zero attached hydrogens (tertiary/aromatic N) is 4. The summed E-state index contributed by atoms with van der Waals surface area (Å²) >= 11 is 0. The molecule has 4 aromatic rings. The van der Waals surface area contributed by atoms with Gasteiger partial charge in [-0.15, -0.1) is 0 Å². The van der Waals surface area contributed by atoms with E-state index in [1.807, 2.05) is 48.5 Å². The van der Waals surface area contributed by atoms with E-state index in [1.165, 1.54) is 0 Å². The lowest BCUT2D eigenvalue weighted by Crippen LogP contribution is -2.35. The molecule has 8 nitrogen and oxygen atoms in total. The lowest BCUT2D eigenvalue weighted by molar-refractivity contribution is 0.174. The summed E-state index contributed by atoms with van der Waals surface area (Å²) in [6.45, 7) is 2.26. The highest BCUT2D eigenvalue weighted by Crippen LogP contribution is 2.35. The van der Waals surface area contributed by atoms with Crippen LogP contribution in [0.1, 0.15) is 17.0 Å². The van der Waals surface area contributed by atoms with Crippen molar-refractivity contribution < 1.29 is 9.47 Å². The molecule has 6 rings (SSSR count). The van der Waals surface area contributed by atoms with Crippen molar-refractivity contribution in [1.29, 1.82) is 0 Å². The minimum atomic E-state index is -0.0920. The van der Waals surface area contributed by atoms with E-state index in [0.717, 1.165) is 51.8 Å². The number of rotatable bonds is 4. The first kappa shape index (κ1) is 19.6. The number of ether oxygens (including phenoxy) is 2. The smallest absolute Gasteiger partial charge is 0.255 e. The fraction of sp³-hybridized carbons (Fsp3) is 0.200. The molecule has 1 aromatic carbocycles. The average molecular weight is 439 g/mol. The van der Waals surface area contributed by atoms with Crippen molar-refractivity contribution in [3.8, 4) is 34.1 Å². The third kappa shape index (κ3) is 3.85. The van der Waals surface area contributed by atoms with Crippen LogP contribution in [0.4, 0.5) is 0 Å². The first-order valence-electron chi connectivity index (χ1n) is 10.8. The highest BCUT2D eigenvalue weighted by atomic mass is 16.7. The summed E-state index contributed by atoms with van der Waals surface area (Å²) in [4.78, 5) is 31.6. The number of fused-ring (bicyclic) bond motifs is 2. The summed E-state index contributed by atoms with van der Waals surface area (Å²) in [5.74, 6) is 2.07. The van der Waals surface area contributed by atoms with E-state index in [0.29, 0.717) is 25.3 Å². The minimum Gasteiger partial charge on any atom is -0.454 e. The van der Waals surface area contributed by atoms with Gasteiger partial charge in [-0.25, -0.2) is 4.98 Å². The minimum absolute atomic E-state index is 0.0920. The maximum Gasteiger partial charge on any atom is 0.255 e. The van der Waals surface area contributed by atoms with Crippen LogP contribution in [0.3, 0.4) is 0 Å². The van der Waals surface area contributed by atoms with Crippen LogP contribution in [0.5, 0.6) is 11.5 Å². The van der Waals surface area contributed by atoms with Crippen molar-refractivity contribution >= 4 is 0 Å². The zero-order chi connectivity index (χ0) is 22.2. The zero-order valence-corrected chi connectivity index (χ0v) is 17.8. The van der Waals surface area contributed by atoms with Crippen molar-refractivity contribution in [2.75, 3.05) is 13.3 Å². The van der Waals surface area contributed by atoms with Crippen molar-refractivity contribution in [2.45, 2.75) is 19.5 Å². The van der Waals surface area contributed by atoms with E-state index in [4.69, 9.17) is 19.4 Å². The molecule has 0 saturated heterocycles. The van der Waals surface area contributed by atoms with Crippen LogP contribution in [-0.4, -0.2) is 38.2 Å².